The second-order valence-electron chi connectivity index (χ2n) is 4.44. The monoisotopic (exact) mass is 295 g/mol. The molecule has 0 bridgehead atoms. The van der Waals surface area contributed by atoms with Crippen LogP contribution in [0.4, 0.5) is 5.69 Å². The molecule has 2 amide bonds. The molecule has 4 N–H and O–H groups in total. The first-order valence-electron chi connectivity index (χ1n) is 6.50. The molecule has 0 aliphatic heterocycles. The van der Waals surface area contributed by atoms with Crippen molar-refractivity contribution < 1.29 is 19.1 Å². The van der Waals surface area contributed by atoms with Crippen LogP contribution in [0.3, 0.4) is 0 Å². The third kappa shape index (κ3) is 4.96. The lowest BCUT2D eigenvalue weighted by Gasteiger charge is -2.14. The maximum absolute atomic E-state index is 12.0. The zero-order chi connectivity index (χ0) is 15.8. The number of carbonyl (C=O) groups is 2. The van der Waals surface area contributed by atoms with Gasteiger partial charge >= 0.3 is 0 Å². The molecule has 1 unspecified atom stereocenters. The van der Waals surface area contributed by atoms with Gasteiger partial charge in [-0.15, -0.1) is 0 Å². The van der Waals surface area contributed by atoms with Gasteiger partial charge in [-0.05, 0) is 25.1 Å². The van der Waals surface area contributed by atoms with Gasteiger partial charge in [0.25, 0.3) is 5.91 Å². The summed E-state index contributed by atoms with van der Waals surface area (Å²) in [6.45, 7) is 2.42. The summed E-state index contributed by atoms with van der Waals surface area (Å²) in [4.78, 5) is 23.8. The molecule has 0 saturated heterocycles. The van der Waals surface area contributed by atoms with Crippen molar-refractivity contribution in [2.75, 3.05) is 33.1 Å². The van der Waals surface area contributed by atoms with Gasteiger partial charge in [0.15, 0.2) is 0 Å². The highest BCUT2D eigenvalue weighted by atomic mass is 16.5. The molecule has 0 spiro atoms. The molecule has 0 saturated carbocycles. The van der Waals surface area contributed by atoms with Gasteiger partial charge in [-0.25, -0.2) is 0 Å². The molecule has 7 nitrogen and oxygen atoms in total. The van der Waals surface area contributed by atoms with Crippen LogP contribution in [0, 0.1) is 0 Å². The van der Waals surface area contributed by atoms with Crippen LogP contribution in [0.5, 0.6) is 5.75 Å². The van der Waals surface area contributed by atoms with Crippen molar-refractivity contribution in [3.05, 3.63) is 23.8 Å². The Morgan fingerprint density at radius 1 is 1.33 bits per heavy atom. The van der Waals surface area contributed by atoms with E-state index in [4.69, 9.17) is 15.2 Å². The topological polar surface area (TPSA) is 103 Å². The molecule has 0 fully saturated rings. The van der Waals surface area contributed by atoms with E-state index in [9.17, 15) is 9.59 Å². The zero-order valence-corrected chi connectivity index (χ0v) is 12.4. The number of hydrogen-bond acceptors (Lipinski definition) is 5. The molecule has 1 rings (SSSR count). The number of rotatable bonds is 7. The second-order valence-corrected chi connectivity index (χ2v) is 4.44. The van der Waals surface area contributed by atoms with E-state index in [1.165, 1.54) is 13.2 Å². The number of ether oxygens (including phenoxy) is 2. The molecule has 7 heteroatoms. The fourth-order valence-corrected chi connectivity index (χ4v) is 1.65. The molecule has 0 aliphatic carbocycles. The molecular formula is C14H21N3O4. The van der Waals surface area contributed by atoms with Crippen LogP contribution in [-0.4, -0.2) is 45.2 Å². The van der Waals surface area contributed by atoms with E-state index >= 15 is 0 Å². The molecule has 0 aliphatic rings. The Hall–Kier alpha value is -2.28. The number of carbonyl (C=O) groups excluding carboxylic acids is 2. The van der Waals surface area contributed by atoms with Crippen LogP contribution in [0.2, 0.25) is 0 Å². The predicted molar refractivity (Wildman–Crippen MR) is 79.2 cm³/mol. The minimum atomic E-state index is -0.655. The van der Waals surface area contributed by atoms with Crippen molar-refractivity contribution >= 4 is 17.5 Å². The Balaban J connectivity index is 2.59. The van der Waals surface area contributed by atoms with E-state index in [1.807, 2.05) is 0 Å². The molecule has 0 radical (unpaired) electrons. The quantitative estimate of drug-likeness (QED) is 0.491. The number of benzene rings is 1. The first kappa shape index (κ1) is 16.8. The van der Waals surface area contributed by atoms with Crippen molar-refractivity contribution in [3.8, 4) is 5.75 Å². The summed E-state index contributed by atoms with van der Waals surface area (Å²) < 4.78 is 9.85. The lowest BCUT2D eigenvalue weighted by molar-refractivity contribution is -0.122. The minimum Gasteiger partial charge on any atom is -0.495 e. The Morgan fingerprint density at radius 3 is 2.62 bits per heavy atom. The van der Waals surface area contributed by atoms with Gasteiger partial charge in [0, 0.05) is 19.2 Å². The summed E-state index contributed by atoms with van der Waals surface area (Å²) in [5.74, 6) is -0.155. The van der Waals surface area contributed by atoms with Gasteiger partial charge in [-0.2, -0.15) is 0 Å². The van der Waals surface area contributed by atoms with Gasteiger partial charge in [-0.1, -0.05) is 0 Å². The molecule has 1 aromatic rings. The van der Waals surface area contributed by atoms with Crippen molar-refractivity contribution in [2.24, 2.45) is 0 Å². The van der Waals surface area contributed by atoms with E-state index < -0.39 is 6.04 Å². The summed E-state index contributed by atoms with van der Waals surface area (Å²) in [5, 5.41) is 5.25. The Kier molecular flexibility index (Phi) is 6.48. The SMILES string of the molecule is COCCNC(=O)C(C)NC(=O)c1ccc(OC)c(N)c1. The van der Waals surface area contributed by atoms with E-state index in [0.29, 0.717) is 30.2 Å². The van der Waals surface area contributed by atoms with Gasteiger partial charge < -0.3 is 25.8 Å². The van der Waals surface area contributed by atoms with E-state index in [-0.39, 0.29) is 11.8 Å². The van der Waals surface area contributed by atoms with Crippen molar-refractivity contribution in [1.82, 2.24) is 10.6 Å². The highest BCUT2D eigenvalue weighted by Gasteiger charge is 2.16. The number of nitrogen functional groups attached to an aromatic ring is 1. The van der Waals surface area contributed by atoms with Crippen LogP contribution in [0.1, 0.15) is 17.3 Å². The number of nitrogens with one attached hydrogen (secondary N) is 2. The smallest absolute Gasteiger partial charge is 0.251 e. The summed E-state index contributed by atoms with van der Waals surface area (Å²) >= 11 is 0. The fourth-order valence-electron chi connectivity index (χ4n) is 1.65. The van der Waals surface area contributed by atoms with E-state index in [0.717, 1.165) is 0 Å². The zero-order valence-electron chi connectivity index (χ0n) is 12.4. The highest BCUT2D eigenvalue weighted by molar-refractivity contribution is 5.98. The van der Waals surface area contributed by atoms with E-state index in [2.05, 4.69) is 10.6 Å². The summed E-state index contributed by atoms with van der Waals surface area (Å²) in [7, 11) is 3.04. The van der Waals surface area contributed by atoms with Gasteiger partial charge in [0.2, 0.25) is 5.91 Å². The fraction of sp³-hybridized carbons (Fsp3) is 0.429. The van der Waals surface area contributed by atoms with Crippen molar-refractivity contribution in [2.45, 2.75) is 13.0 Å². The van der Waals surface area contributed by atoms with Crippen LogP contribution in [0.25, 0.3) is 0 Å². The number of nitrogens with two attached hydrogens (primary N) is 1. The number of amides is 2. The Labute approximate surface area is 123 Å². The summed E-state index contributed by atoms with van der Waals surface area (Å²) in [6, 6.07) is 4.04. The van der Waals surface area contributed by atoms with Crippen LogP contribution >= 0.6 is 0 Å². The molecule has 0 aromatic heterocycles. The summed E-state index contributed by atoms with van der Waals surface area (Å²) in [5.41, 5.74) is 6.47. The normalized spacial score (nSPS) is 11.6. The number of methoxy groups -OCH3 is 2. The molecule has 116 valence electrons. The third-order valence-electron chi connectivity index (χ3n) is 2.84. The predicted octanol–water partition coefficient (Wildman–Crippen LogP) is 0.158. The average molecular weight is 295 g/mol. The first-order valence-corrected chi connectivity index (χ1v) is 6.50. The Morgan fingerprint density at radius 2 is 2.05 bits per heavy atom. The number of anilines is 1. The molecule has 1 aromatic carbocycles. The first-order chi connectivity index (χ1) is 9.99. The van der Waals surface area contributed by atoms with Crippen molar-refractivity contribution in [1.29, 1.82) is 0 Å². The molecule has 1 atom stereocenters. The lowest BCUT2D eigenvalue weighted by Crippen LogP contribution is -2.45. The molecular weight excluding hydrogens is 274 g/mol. The van der Waals surface area contributed by atoms with Gasteiger partial charge in [0.05, 0.1) is 19.4 Å². The number of hydrogen-bond donors (Lipinski definition) is 3. The third-order valence-corrected chi connectivity index (χ3v) is 2.84. The lowest BCUT2D eigenvalue weighted by atomic mass is 10.1. The van der Waals surface area contributed by atoms with Gasteiger partial charge in [-0.3, -0.25) is 9.59 Å². The Bertz CT molecular complexity index is 505. The molecule has 21 heavy (non-hydrogen) atoms. The summed E-state index contributed by atoms with van der Waals surface area (Å²) in [6.07, 6.45) is 0. The van der Waals surface area contributed by atoms with Crippen LogP contribution in [-0.2, 0) is 9.53 Å². The highest BCUT2D eigenvalue weighted by Crippen LogP contribution is 2.21. The minimum absolute atomic E-state index is 0.276. The molecule has 0 heterocycles. The van der Waals surface area contributed by atoms with Crippen LogP contribution in [0.15, 0.2) is 18.2 Å². The average Bonchev–Trinajstić information content (AvgIpc) is 2.47. The van der Waals surface area contributed by atoms with Gasteiger partial charge in [0.1, 0.15) is 11.8 Å². The second kappa shape index (κ2) is 8.11. The van der Waals surface area contributed by atoms with E-state index in [1.54, 1.807) is 26.2 Å². The maximum Gasteiger partial charge on any atom is 0.251 e. The largest absolute Gasteiger partial charge is 0.495 e. The standard InChI is InChI=1S/C14H21N3O4/c1-9(13(18)16-6-7-20-2)17-14(19)10-4-5-12(21-3)11(15)8-10/h4-5,8-9H,6-7,15H2,1-3H3,(H,16,18)(H,17,19). The maximum atomic E-state index is 12.0. The van der Waals surface area contributed by atoms with Crippen LogP contribution < -0.4 is 21.1 Å². The van der Waals surface area contributed by atoms with Crippen molar-refractivity contribution in [3.63, 3.8) is 0 Å².